The Morgan fingerprint density at radius 3 is 2.35 bits per heavy atom. The normalized spacial score (nSPS) is 16.7. The number of aromatic carboxylic acids is 1. The van der Waals surface area contributed by atoms with E-state index >= 15 is 0 Å². The predicted molar refractivity (Wildman–Crippen MR) is 91.4 cm³/mol. The van der Waals surface area contributed by atoms with E-state index in [0.717, 1.165) is 4.90 Å². The van der Waals surface area contributed by atoms with E-state index in [-0.39, 0.29) is 23.5 Å². The average molecular weight is 353 g/mol. The van der Waals surface area contributed by atoms with Crippen LogP contribution in [-0.2, 0) is 9.59 Å². The number of benzene rings is 2. The molecule has 1 aliphatic rings. The van der Waals surface area contributed by atoms with E-state index in [2.05, 4.69) is 0 Å². The second kappa shape index (κ2) is 6.79. The molecule has 132 valence electrons. The van der Waals surface area contributed by atoms with Gasteiger partial charge in [0.1, 0.15) is 11.3 Å². The van der Waals surface area contributed by atoms with Crippen LogP contribution in [-0.4, -0.2) is 34.8 Å². The summed E-state index contributed by atoms with van der Waals surface area (Å²) in [4.78, 5) is 48.4. The van der Waals surface area contributed by atoms with Crippen molar-refractivity contribution in [2.45, 2.75) is 19.4 Å². The topological polar surface area (TPSA) is 101 Å². The van der Waals surface area contributed by atoms with E-state index in [1.54, 1.807) is 12.1 Å². The lowest BCUT2D eigenvalue weighted by Gasteiger charge is -2.16. The van der Waals surface area contributed by atoms with Gasteiger partial charge < -0.3 is 9.84 Å². The van der Waals surface area contributed by atoms with Gasteiger partial charge in [-0.1, -0.05) is 12.1 Å². The first-order chi connectivity index (χ1) is 12.4. The fraction of sp³-hybridized carbons (Fsp3) is 0.158. The molecule has 0 bridgehead atoms. The molecule has 1 aliphatic heterocycles. The second-order valence-corrected chi connectivity index (χ2v) is 5.78. The fourth-order valence-electron chi connectivity index (χ4n) is 2.71. The minimum absolute atomic E-state index is 0.0277. The number of hydrogen-bond acceptors (Lipinski definition) is 5. The summed E-state index contributed by atoms with van der Waals surface area (Å²) in [7, 11) is 0. The number of para-hydroxylation sites is 1. The van der Waals surface area contributed by atoms with E-state index in [1.165, 1.54) is 43.3 Å². The number of hydrogen-bond donors (Lipinski definition) is 1. The van der Waals surface area contributed by atoms with Crippen LogP contribution in [0.3, 0.4) is 0 Å². The van der Waals surface area contributed by atoms with Gasteiger partial charge in [-0.2, -0.15) is 0 Å². The van der Waals surface area contributed by atoms with Gasteiger partial charge in [-0.3, -0.25) is 14.4 Å². The van der Waals surface area contributed by atoms with E-state index in [9.17, 15) is 24.3 Å². The number of carbonyl (C=O) groups is 4. The molecule has 1 atom stereocenters. The molecule has 0 spiro atoms. The zero-order valence-electron chi connectivity index (χ0n) is 13.8. The number of ether oxygens (including phenoxy) is 1. The Morgan fingerprint density at radius 2 is 1.73 bits per heavy atom. The smallest absolute Gasteiger partial charge is 0.339 e. The summed E-state index contributed by atoms with van der Waals surface area (Å²) in [6.45, 7) is 1.42. The SMILES string of the molecule is CC(=O)c1ccc(N2C(=O)CC(Oc3ccccc3C(=O)O)C2=O)cc1. The van der Waals surface area contributed by atoms with E-state index < -0.39 is 23.9 Å². The van der Waals surface area contributed by atoms with Gasteiger partial charge in [0.2, 0.25) is 5.91 Å². The van der Waals surface area contributed by atoms with Gasteiger partial charge in [0.25, 0.3) is 5.91 Å². The van der Waals surface area contributed by atoms with Crippen molar-refractivity contribution in [3.05, 3.63) is 59.7 Å². The Morgan fingerprint density at radius 1 is 1.08 bits per heavy atom. The lowest BCUT2D eigenvalue weighted by Crippen LogP contribution is -2.34. The van der Waals surface area contributed by atoms with E-state index in [1.807, 2.05) is 0 Å². The van der Waals surface area contributed by atoms with Gasteiger partial charge in [-0.25, -0.2) is 9.69 Å². The van der Waals surface area contributed by atoms with Crippen LogP contribution in [0, 0.1) is 0 Å². The van der Waals surface area contributed by atoms with Gasteiger partial charge in [0, 0.05) is 5.56 Å². The van der Waals surface area contributed by atoms with Gasteiger partial charge >= 0.3 is 5.97 Å². The molecule has 0 saturated carbocycles. The average Bonchev–Trinajstić information content (AvgIpc) is 2.89. The van der Waals surface area contributed by atoms with Gasteiger partial charge in [-0.15, -0.1) is 0 Å². The number of nitrogens with zero attached hydrogens (tertiary/aromatic N) is 1. The molecular weight excluding hydrogens is 338 g/mol. The lowest BCUT2D eigenvalue weighted by atomic mass is 10.1. The summed E-state index contributed by atoms with van der Waals surface area (Å²) < 4.78 is 5.52. The molecule has 1 heterocycles. The van der Waals surface area contributed by atoms with Crippen molar-refractivity contribution in [2.24, 2.45) is 0 Å². The van der Waals surface area contributed by atoms with Gasteiger partial charge in [-0.05, 0) is 43.3 Å². The number of carbonyl (C=O) groups excluding carboxylic acids is 3. The molecule has 3 rings (SSSR count). The first-order valence-corrected chi connectivity index (χ1v) is 7.85. The van der Waals surface area contributed by atoms with Crippen LogP contribution in [0.5, 0.6) is 5.75 Å². The number of carboxylic acid groups (broad SMARTS) is 1. The first-order valence-electron chi connectivity index (χ1n) is 7.85. The highest BCUT2D eigenvalue weighted by atomic mass is 16.5. The maximum Gasteiger partial charge on any atom is 0.339 e. The summed E-state index contributed by atoms with van der Waals surface area (Å²) in [5, 5.41) is 9.19. The second-order valence-electron chi connectivity index (χ2n) is 5.78. The number of carboxylic acids is 1. The molecule has 0 aromatic heterocycles. The molecule has 2 aromatic carbocycles. The number of amides is 2. The van der Waals surface area contributed by atoms with Gasteiger partial charge in [0.15, 0.2) is 11.9 Å². The van der Waals surface area contributed by atoms with Crippen LogP contribution < -0.4 is 9.64 Å². The number of Topliss-reactive ketones (excluding diaryl/α,β-unsaturated/α-hetero) is 1. The minimum atomic E-state index is -1.19. The molecule has 2 amide bonds. The van der Waals surface area contributed by atoms with Crippen LogP contribution in [0.15, 0.2) is 48.5 Å². The van der Waals surface area contributed by atoms with Crippen molar-refractivity contribution in [3.63, 3.8) is 0 Å². The maximum absolute atomic E-state index is 12.6. The standard InChI is InChI=1S/C19H15NO6/c1-11(21)12-6-8-13(9-7-12)20-17(22)10-16(18(20)23)26-15-5-3-2-4-14(15)19(24)25/h2-9,16H,10H2,1H3,(H,24,25). The largest absolute Gasteiger partial charge is 0.479 e. The number of rotatable bonds is 5. The Balaban J connectivity index is 1.83. The lowest BCUT2D eigenvalue weighted by molar-refractivity contribution is -0.123. The quantitative estimate of drug-likeness (QED) is 0.654. The molecule has 2 aromatic rings. The summed E-state index contributed by atoms with van der Waals surface area (Å²) in [6, 6.07) is 12.0. The Hall–Kier alpha value is -3.48. The molecule has 0 radical (unpaired) electrons. The summed E-state index contributed by atoms with van der Waals surface area (Å²) in [6.07, 6.45) is -1.29. The highest BCUT2D eigenvalue weighted by Gasteiger charge is 2.41. The Bertz CT molecular complexity index is 903. The monoisotopic (exact) mass is 353 g/mol. The zero-order valence-corrected chi connectivity index (χ0v) is 13.8. The number of anilines is 1. The molecule has 7 nitrogen and oxygen atoms in total. The van der Waals surface area contributed by atoms with Crippen molar-refractivity contribution in [1.29, 1.82) is 0 Å². The highest BCUT2D eigenvalue weighted by molar-refractivity contribution is 6.22. The third kappa shape index (κ3) is 3.19. The van der Waals surface area contributed by atoms with Crippen molar-refractivity contribution >= 4 is 29.3 Å². The fourth-order valence-corrected chi connectivity index (χ4v) is 2.71. The van der Waals surface area contributed by atoms with Crippen LogP contribution in [0.4, 0.5) is 5.69 Å². The molecule has 1 fully saturated rings. The zero-order chi connectivity index (χ0) is 18.8. The van der Waals surface area contributed by atoms with E-state index in [4.69, 9.17) is 4.74 Å². The van der Waals surface area contributed by atoms with Crippen molar-refractivity contribution in [1.82, 2.24) is 0 Å². The predicted octanol–water partition coefficient (Wildman–Crippen LogP) is 2.30. The molecule has 1 saturated heterocycles. The van der Waals surface area contributed by atoms with Crippen molar-refractivity contribution in [2.75, 3.05) is 4.90 Å². The summed E-state index contributed by atoms with van der Waals surface area (Å²) in [5.41, 5.74) is 0.718. The first kappa shape index (κ1) is 17.3. The van der Waals surface area contributed by atoms with Crippen LogP contribution in [0.25, 0.3) is 0 Å². The summed E-state index contributed by atoms with van der Waals surface area (Å²) in [5.74, 6) is -2.31. The van der Waals surface area contributed by atoms with Crippen LogP contribution in [0.1, 0.15) is 34.1 Å². The minimum Gasteiger partial charge on any atom is -0.479 e. The van der Waals surface area contributed by atoms with Crippen LogP contribution in [0.2, 0.25) is 0 Å². The molecule has 7 heteroatoms. The van der Waals surface area contributed by atoms with Gasteiger partial charge in [0.05, 0.1) is 12.1 Å². The Labute approximate surface area is 148 Å². The third-order valence-corrected chi connectivity index (χ3v) is 4.02. The molecular formula is C19H15NO6. The van der Waals surface area contributed by atoms with Crippen molar-refractivity contribution in [3.8, 4) is 5.75 Å². The Kier molecular flexibility index (Phi) is 4.53. The third-order valence-electron chi connectivity index (χ3n) is 4.02. The number of imide groups is 1. The molecule has 0 aliphatic carbocycles. The van der Waals surface area contributed by atoms with Crippen molar-refractivity contribution < 1.29 is 29.0 Å². The molecule has 1 N–H and O–H groups in total. The number of ketones is 1. The summed E-state index contributed by atoms with van der Waals surface area (Å²) >= 11 is 0. The maximum atomic E-state index is 12.6. The molecule has 1 unspecified atom stereocenters. The molecule has 26 heavy (non-hydrogen) atoms. The van der Waals surface area contributed by atoms with Crippen LogP contribution >= 0.6 is 0 Å². The van der Waals surface area contributed by atoms with E-state index in [0.29, 0.717) is 11.3 Å². The highest BCUT2D eigenvalue weighted by Crippen LogP contribution is 2.28.